The third-order valence-electron chi connectivity index (χ3n) is 4.63. The molecule has 0 amide bonds. The Balaban J connectivity index is 2.19. The van der Waals surface area contributed by atoms with Gasteiger partial charge < -0.3 is 9.47 Å². The van der Waals surface area contributed by atoms with E-state index in [1.54, 1.807) is 6.92 Å². The second-order valence-electron chi connectivity index (χ2n) is 7.53. The van der Waals surface area contributed by atoms with Gasteiger partial charge in [0, 0.05) is 10.8 Å². The van der Waals surface area contributed by atoms with E-state index in [-0.39, 0.29) is 24.3 Å². The lowest BCUT2D eigenvalue weighted by Gasteiger charge is -2.09. The zero-order valence-corrected chi connectivity index (χ0v) is 23.1. The molecule has 6 heteroatoms. The molecule has 0 aromatic heterocycles. The number of alkyl halides is 1. The van der Waals surface area contributed by atoms with Gasteiger partial charge in [0.1, 0.15) is 17.1 Å². The van der Waals surface area contributed by atoms with Crippen LogP contribution in [0.15, 0.2) is 91.1 Å². The highest BCUT2D eigenvalue weighted by Crippen LogP contribution is 2.21. The van der Waals surface area contributed by atoms with E-state index >= 15 is 0 Å². The largest absolute Gasteiger partial charge is 0.462 e. The van der Waals surface area contributed by atoms with E-state index < -0.39 is 17.8 Å². The average molecular weight is 607 g/mol. The van der Waals surface area contributed by atoms with Gasteiger partial charge in [-0.25, -0.2) is 9.18 Å². The van der Waals surface area contributed by atoms with Crippen LogP contribution in [-0.4, -0.2) is 23.0 Å². The molecule has 0 heterocycles. The predicted molar refractivity (Wildman–Crippen MR) is 154 cm³/mol. The molecule has 1 aromatic rings. The van der Waals surface area contributed by atoms with Crippen molar-refractivity contribution < 1.29 is 23.5 Å². The lowest BCUT2D eigenvalue weighted by atomic mass is 10.2. The number of benzene rings is 1. The van der Waals surface area contributed by atoms with Crippen LogP contribution >= 0.6 is 22.6 Å². The summed E-state index contributed by atoms with van der Waals surface area (Å²) in [5, 5.41) is 0. The van der Waals surface area contributed by atoms with Gasteiger partial charge in [-0.1, -0.05) is 95.5 Å². The molecule has 0 fully saturated rings. The number of ether oxygens (including phenoxy) is 2. The maximum Gasteiger partial charge on any atom is 0.342 e. The zero-order valence-electron chi connectivity index (χ0n) is 20.9. The highest BCUT2D eigenvalue weighted by molar-refractivity contribution is 14.1. The highest BCUT2D eigenvalue weighted by Gasteiger charge is 2.17. The fourth-order valence-corrected chi connectivity index (χ4v) is 3.23. The first-order valence-corrected chi connectivity index (χ1v) is 13.7. The molecule has 0 aliphatic carbocycles. The smallest absolute Gasteiger partial charge is 0.342 e. The second-order valence-corrected chi connectivity index (χ2v) is 8.42. The van der Waals surface area contributed by atoms with Crippen molar-refractivity contribution in [3.05, 3.63) is 102 Å². The Bertz CT molecular complexity index is 958. The second kappa shape index (κ2) is 21.5. The molecule has 4 nitrogen and oxygen atoms in total. The topological polar surface area (TPSA) is 52.6 Å². The highest BCUT2D eigenvalue weighted by atomic mass is 127. The van der Waals surface area contributed by atoms with Crippen LogP contribution in [-0.2, 0) is 9.53 Å². The molecule has 0 aliphatic heterocycles. The first kappa shape index (κ1) is 31.3. The third kappa shape index (κ3) is 16.0. The number of carbonyl (C=O) groups excluding carboxylic acids is 2. The predicted octanol–water partition coefficient (Wildman–Crippen LogP) is 8.41. The minimum atomic E-state index is -0.725. The maximum absolute atomic E-state index is 13.5. The van der Waals surface area contributed by atoms with Gasteiger partial charge in [0.25, 0.3) is 0 Å². The molecule has 0 bridgehead atoms. The summed E-state index contributed by atoms with van der Waals surface area (Å²) in [5.74, 6) is -1.82. The van der Waals surface area contributed by atoms with Gasteiger partial charge in [0.05, 0.1) is 6.61 Å². The number of rotatable bonds is 17. The van der Waals surface area contributed by atoms with Crippen molar-refractivity contribution in [1.82, 2.24) is 0 Å². The van der Waals surface area contributed by atoms with E-state index in [1.807, 2.05) is 12.2 Å². The van der Waals surface area contributed by atoms with Crippen LogP contribution in [0, 0.1) is 5.82 Å². The van der Waals surface area contributed by atoms with Gasteiger partial charge in [-0.2, -0.15) is 0 Å². The standard InChI is InChI=1S/C30H36FIO4/c1-2-35-30(34)27-25-26(31)22-23-28(27)36-29(33)21-19-17-15-13-11-9-7-5-3-4-6-8-10-12-14-16-18-20-24-32/h3,5-6,8-9,11-12,14-15,17-18,20,22-23,25H,2,4,7,10,13,16,19,21,24H2,1H3/b5-3-,8-6-,11-9-,14-12-,17-15-,20-18-. The van der Waals surface area contributed by atoms with E-state index in [0.29, 0.717) is 6.42 Å². The number of hydrogen-bond donors (Lipinski definition) is 0. The lowest BCUT2D eigenvalue weighted by molar-refractivity contribution is -0.134. The maximum atomic E-state index is 13.5. The summed E-state index contributed by atoms with van der Waals surface area (Å²) in [5.41, 5.74) is -0.0982. The molecule has 0 saturated carbocycles. The number of carbonyl (C=O) groups is 2. The van der Waals surface area contributed by atoms with Crippen LogP contribution in [0.5, 0.6) is 5.75 Å². The van der Waals surface area contributed by atoms with E-state index in [9.17, 15) is 14.0 Å². The monoisotopic (exact) mass is 606 g/mol. The molecule has 1 aromatic carbocycles. The molecule has 0 radical (unpaired) electrons. The van der Waals surface area contributed by atoms with Crippen molar-refractivity contribution in [2.75, 3.05) is 11.0 Å². The Hall–Kier alpha value is -2.74. The summed E-state index contributed by atoms with van der Waals surface area (Å²) >= 11 is 2.33. The first-order chi connectivity index (χ1) is 17.6. The molecule has 194 valence electrons. The lowest BCUT2D eigenvalue weighted by Crippen LogP contribution is -2.12. The van der Waals surface area contributed by atoms with Crippen LogP contribution < -0.4 is 4.74 Å². The molecule has 0 aliphatic rings. The molecule has 0 saturated heterocycles. The van der Waals surface area contributed by atoms with Gasteiger partial charge >= 0.3 is 11.9 Å². The quantitative estimate of drug-likeness (QED) is 0.0588. The van der Waals surface area contributed by atoms with E-state index in [0.717, 1.165) is 48.7 Å². The third-order valence-corrected chi connectivity index (χ3v) is 5.13. The molecule has 0 spiro atoms. The summed E-state index contributed by atoms with van der Waals surface area (Å²) in [6, 6.07) is 3.40. The Kier molecular flexibility index (Phi) is 18.7. The summed E-state index contributed by atoms with van der Waals surface area (Å²) in [6.07, 6.45) is 30.7. The Morgan fingerprint density at radius 2 is 1.31 bits per heavy atom. The molecular weight excluding hydrogens is 570 g/mol. The molecule has 36 heavy (non-hydrogen) atoms. The van der Waals surface area contributed by atoms with E-state index in [2.05, 4.69) is 83.4 Å². The van der Waals surface area contributed by atoms with Crippen LogP contribution in [0.3, 0.4) is 0 Å². The minimum absolute atomic E-state index is 0.00221. The van der Waals surface area contributed by atoms with Crippen LogP contribution in [0.4, 0.5) is 4.39 Å². The molecular formula is C30H36FIO4. The van der Waals surface area contributed by atoms with Gasteiger partial charge in [-0.3, -0.25) is 4.79 Å². The molecule has 1 rings (SSSR count). The van der Waals surface area contributed by atoms with Gasteiger partial charge in [-0.15, -0.1) is 0 Å². The summed E-state index contributed by atoms with van der Waals surface area (Å²) in [7, 11) is 0. The Morgan fingerprint density at radius 1 is 0.806 bits per heavy atom. The van der Waals surface area contributed by atoms with Crippen molar-refractivity contribution >= 4 is 34.5 Å². The molecule has 0 unspecified atom stereocenters. The zero-order chi connectivity index (χ0) is 26.3. The van der Waals surface area contributed by atoms with Crippen LogP contribution in [0.25, 0.3) is 0 Å². The average Bonchev–Trinajstić information content (AvgIpc) is 2.86. The summed E-state index contributed by atoms with van der Waals surface area (Å²) in [4.78, 5) is 24.0. The van der Waals surface area contributed by atoms with E-state index in [4.69, 9.17) is 9.47 Å². The minimum Gasteiger partial charge on any atom is -0.462 e. The van der Waals surface area contributed by atoms with Gasteiger partial charge in [-0.05, 0) is 63.6 Å². The fraction of sp³-hybridized carbons (Fsp3) is 0.333. The van der Waals surface area contributed by atoms with Crippen molar-refractivity contribution in [2.45, 2.75) is 51.9 Å². The van der Waals surface area contributed by atoms with Crippen molar-refractivity contribution in [3.8, 4) is 5.75 Å². The molecule has 0 N–H and O–H groups in total. The SMILES string of the molecule is CCOC(=O)c1cc(F)ccc1OC(=O)CC/C=C\C/C=C\C/C=C\C/C=C\C/C=C\C/C=C\CI. The number of hydrogen-bond acceptors (Lipinski definition) is 4. The molecule has 0 atom stereocenters. The Morgan fingerprint density at radius 3 is 1.81 bits per heavy atom. The van der Waals surface area contributed by atoms with E-state index in [1.165, 1.54) is 6.07 Å². The number of halogens is 2. The van der Waals surface area contributed by atoms with Crippen molar-refractivity contribution in [3.63, 3.8) is 0 Å². The van der Waals surface area contributed by atoms with Gasteiger partial charge in [0.2, 0.25) is 0 Å². The summed E-state index contributed by atoms with van der Waals surface area (Å²) in [6.45, 7) is 1.79. The van der Waals surface area contributed by atoms with Crippen LogP contribution in [0.1, 0.15) is 62.2 Å². The first-order valence-electron chi connectivity index (χ1n) is 12.2. The van der Waals surface area contributed by atoms with Gasteiger partial charge in [0.15, 0.2) is 0 Å². The normalized spacial score (nSPS) is 12.3. The van der Waals surface area contributed by atoms with Crippen molar-refractivity contribution in [2.24, 2.45) is 0 Å². The summed E-state index contributed by atoms with van der Waals surface area (Å²) < 4.78 is 24.6. The van der Waals surface area contributed by atoms with Crippen molar-refractivity contribution in [1.29, 1.82) is 0 Å². The Labute approximate surface area is 228 Å². The number of allylic oxidation sites excluding steroid dienone is 12. The van der Waals surface area contributed by atoms with Crippen LogP contribution in [0.2, 0.25) is 0 Å². The fourth-order valence-electron chi connectivity index (χ4n) is 2.87. The number of esters is 2.